The molecule has 0 saturated carbocycles. The second-order valence-electron chi connectivity index (χ2n) is 6.02. The van der Waals surface area contributed by atoms with Gasteiger partial charge in [0.05, 0.1) is 13.2 Å². The Balaban J connectivity index is 2.18. The summed E-state index contributed by atoms with van der Waals surface area (Å²) in [5.41, 5.74) is 1.69. The van der Waals surface area contributed by atoms with Crippen LogP contribution in [-0.2, 0) is 14.3 Å². The van der Waals surface area contributed by atoms with Gasteiger partial charge in [-0.2, -0.15) is 0 Å². The number of methoxy groups -OCH3 is 1. The smallest absolute Gasteiger partial charge is 0.355 e. The van der Waals surface area contributed by atoms with Gasteiger partial charge in [-0.3, -0.25) is 4.79 Å². The second kappa shape index (κ2) is 9.97. The van der Waals surface area contributed by atoms with E-state index in [9.17, 15) is 9.59 Å². The molecular weight excluding hydrogens is 342 g/mol. The van der Waals surface area contributed by atoms with Crippen molar-refractivity contribution in [3.63, 3.8) is 0 Å². The summed E-state index contributed by atoms with van der Waals surface area (Å²) in [5.74, 6) is -0.310. The molecule has 0 bridgehead atoms. The van der Waals surface area contributed by atoms with Crippen LogP contribution in [0.3, 0.4) is 0 Å². The van der Waals surface area contributed by atoms with Gasteiger partial charge >= 0.3 is 5.97 Å². The first-order valence-electron chi connectivity index (χ1n) is 8.59. The lowest BCUT2D eigenvalue weighted by atomic mass is 10.1. The van der Waals surface area contributed by atoms with E-state index in [0.29, 0.717) is 5.75 Å². The zero-order valence-corrected chi connectivity index (χ0v) is 15.6. The summed E-state index contributed by atoms with van der Waals surface area (Å²) in [4.78, 5) is 24.6. The number of ether oxygens (including phenoxy) is 2. The summed E-state index contributed by atoms with van der Waals surface area (Å²) in [6, 6.07) is 16.5. The fourth-order valence-corrected chi connectivity index (χ4v) is 2.20. The van der Waals surface area contributed by atoms with Crippen LogP contribution in [0.4, 0.5) is 0 Å². The molecule has 0 aliphatic heterocycles. The van der Waals surface area contributed by atoms with Crippen molar-refractivity contribution in [1.82, 2.24) is 5.32 Å². The van der Waals surface area contributed by atoms with Crippen LogP contribution >= 0.6 is 0 Å². The van der Waals surface area contributed by atoms with Crippen molar-refractivity contribution in [3.8, 4) is 5.75 Å². The standard InChI is InChI=1S/C22H23NO4/c1-16(2)27-22(25)20(15-18-9-12-19(26-3)13-10-18)23-21(24)14-11-17-7-5-4-6-8-17/h4-16H,1-3H3,(H,23,24)/b14-11+,20-15+. The van der Waals surface area contributed by atoms with Gasteiger partial charge in [0.2, 0.25) is 5.91 Å². The van der Waals surface area contributed by atoms with Crippen molar-refractivity contribution in [2.45, 2.75) is 20.0 Å². The Bertz CT molecular complexity index is 821. The lowest BCUT2D eigenvalue weighted by Crippen LogP contribution is -2.28. The van der Waals surface area contributed by atoms with Crippen molar-refractivity contribution in [2.24, 2.45) is 0 Å². The van der Waals surface area contributed by atoms with Crippen LogP contribution in [0.25, 0.3) is 12.2 Å². The van der Waals surface area contributed by atoms with E-state index in [1.54, 1.807) is 57.4 Å². The number of esters is 1. The fraction of sp³-hybridized carbons (Fsp3) is 0.182. The van der Waals surface area contributed by atoms with Gasteiger partial charge in [-0.15, -0.1) is 0 Å². The van der Waals surface area contributed by atoms with Crippen LogP contribution in [0.15, 0.2) is 66.4 Å². The molecule has 5 nitrogen and oxygen atoms in total. The Morgan fingerprint density at radius 3 is 2.22 bits per heavy atom. The summed E-state index contributed by atoms with van der Waals surface area (Å²) in [6.07, 6.45) is 4.32. The number of amides is 1. The molecule has 0 aliphatic rings. The van der Waals surface area contributed by atoms with Crippen LogP contribution in [0.1, 0.15) is 25.0 Å². The van der Waals surface area contributed by atoms with E-state index >= 15 is 0 Å². The Labute approximate surface area is 159 Å². The second-order valence-corrected chi connectivity index (χ2v) is 6.02. The molecule has 0 atom stereocenters. The summed E-state index contributed by atoms with van der Waals surface area (Å²) < 4.78 is 10.3. The molecule has 27 heavy (non-hydrogen) atoms. The quantitative estimate of drug-likeness (QED) is 0.598. The number of hydrogen-bond donors (Lipinski definition) is 1. The lowest BCUT2D eigenvalue weighted by Gasteiger charge is -2.11. The van der Waals surface area contributed by atoms with Crippen molar-refractivity contribution in [1.29, 1.82) is 0 Å². The lowest BCUT2D eigenvalue weighted by molar-refractivity contribution is -0.143. The van der Waals surface area contributed by atoms with Crippen LogP contribution in [-0.4, -0.2) is 25.1 Å². The molecular formula is C22H23NO4. The SMILES string of the molecule is COc1ccc(/C=C(/NC(=O)/C=C/c2ccccc2)C(=O)OC(C)C)cc1. The van der Waals surface area contributed by atoms with Gasteiger partial charge in [-0.1, -0.05) is 42.5 Å². The molecule has 2 aromatic rings. The van der Waals surface area contributed by atoms with Crippen molar-refractivity contribution in [3.05, 3.63) is 77.5 Å². The molecule has 1 N–H and O–H groups in total. The topological polar surface area (TPSA) is 64.6 Å². The first kappa shape index (κ1) is 20.0. The fourth-order valence-electron chi connectivity index (χ4n) is 2.20. The summed E-state index contributed by atoms with van der Waals surface area (Å²) >= 11 is 0. The normalized spacial score (nSPS) is 11.5. The first-order chi connectivity index (χ1) is 13.0. The Kier molecular flexibility index (Phi) is 7.37. The number of carbonyl (C=O) groups excluding carboxylic acids is 2. The predicted molar refractivity (Wildman–Crippen MR) is 106 cm³/mol. The maximum absolute atomic E-state index is 12.3. The average Bonchev–Trinajstić information content (AvgIpc) is 2.66. The number of benzene rings is 2. The third kappa shape index (κ3) is 6.82. The molecule has 0 radical (unpaired) electrons. The van der Waals surface area contributed by atoms with Gasteiger partial charge in [-0.25, -0.2) is 4.79 Å². The van der Waals surface area contributed by atoms with Crippen molar-refractivity contribution >= 4 is 24.0 Å². The molecule has 0 fully saturated rings. The van der Waals surface area contributed by atoms with Gasteiger partial charge in [0.1, 0.15) is 11.4 Å². The van der Waals surface area contributed by atoms with Gasteiger partial charge in [0, 0.05) is 6.08 Å². The molecule has 0 unspecified atom stereocenters. The van der Waals surface area contributed by atoms with Crippen molar-refractivity contribution in [2.75, 3.05) is 7.11 Å². The Morgan fingerprint density at radius 2 is 1.63 bits per heavy atom. The zero-order chi connectivity index (χ0) is 19.6. The van der Waals surface area contributed by atoms with Gasteiger partial charge in [0.15, 0.2) is 0 Å². The van der Waals surface area contributed by atoms with Crippen LogP contribution in [0, 0.1) is 0 Å². The molecule has 0 spiro atoms. The van der Waals surface area contributed by atoms with Crippen molar-refractivity contribution < 1.29 is 19.1 Å². The third-order valence-electron chi connectivity index (χ3n) is 3.47. The highest BCUT2D eigenvalue weighted by Crippen LogP contribution is 2.14. The van der Waals surface area contributed by atoms with Crippen LogP contribution in [0.5, 0.6) is 5.75 Å². The molecule has 2 aromatic carbocycles. The first-order valence-corrected chi connectivity index (χ1v) is 8.59. The van der Waals surface area contributed by atoms with E-state index in [-0.39, 0.29) is 11.8 Å². The summed E-state index contributed by atoms with van der Waals surface area (Å²) in [5, 5.41) is 2.60. The highest BCUT2D eigenvalue weighted by Gasteiger charge is 2.15. The highest BCUT2D eigenvalue weighted by atomic mass is 16.5. The molecule has 0 aromatic heterocycles. The van der Waals surface area contributed by atoms with Crippen LogP contribution < -0.4 is 10.1 Å². The van der Waals surface area contributed by atoms with E-state index in [1.165, 1.54) is 6.08 Å². The van der Waals surface area contributed by atoms with Crippen LogP contribution in [0.2, 0.25) is 0 Å². The minimum Gasteiger partial charge on any atom is -0.497 e. The predicted octanol–water partition coefficient (Wildman–Crippen LogP) is 3.82. The number of carbonyl (C=O) groups is 2. The minimum absolute atomic E-state index is 0.0663. The maximum atomic E-state index is 12.3. The van der Waals surface area contributed by atoms with E-state index in [4.69, 9.17) is 9.47 Å². The molecule has 5 heteroatoms. The van der Waals surface area contributed by atoms with E-state index in [1.807, 2.05) is 30.3 Å². The Morgan fingerprint density at radius 1 is 0.963 bits per heavy atom. The molecule has 140 valence electrons. The average molecular weight is 365 g/mol. The van der Waals surface area contributed by atoms with E-state index in [2.05, 4.69) is 5.32 Å². The molecule has 2 rings (SSSR count). The molecule has 0 heterocycles. The molecule has 0 saturated heterocycles. The largest absolute Gasteiger partial charge is 0.497 e. The third-order valence-corrected chi connectivity index (χ3v) is 3.47. The van der Waals surface area contributed by atoms with Gasteiger partial charge in [0.25, 0.3) is 0 Å². The number of hydrogen-bond acceptors (Lipinski definition) is 4. The van der Waals surface area contributed by atoms with E-state index in [0.717, 1.165) is 11.1 Å². The maximum Gasteiger partial charge on any atom is 0.355 e. The number of rotatable bonds is 7. The Hall–Kier alpha value is -3.34. The monoisotopic (exact) mass is 365 g/mol. The number of nitrogens with one attached hydrogen (secondary N) is 1. The van der Waals surface area contributed by atoms with Gasteiger partial charge < -0.3 is 14.8 Å². The molecule has 0 aliphatic carbocycles. The minimum atomic E-state index is -0.595. The summed E-state index contributed by atoms with van der Waals surface area (Å²) in [7, 11) is 1.58. The van der Waals surface area contributed by atoms with E-state index < -0.39 is 11.9 Å². The zero-order valence-electron chi connectivity index (χ0n) is 15.6. The van der Waals surface area contributed by atoms with Gasteiger partial charge in [-0.05, 0) is 49.3 Å². The highest BCUT2D eigenvalue weighted by molar-refractivity contribution is 6.02. The summed E-state index contributed by atoms with van der Waals surface area (Å²) in [6.45, 7) is 3.50. The molecule has 1 amide bonds.